The van der Waals surface area contributed by atoms with Crippen LogP contribution in [0.4, 0.5) is 11.5 Å². The Morgan fingerprint density at radius 2 is 1.97 bits per heavy atom. The van der Waals surface area contributed by atoms with Crippen LogP contribution in [0.3, 0.4) is 0 Å². The summed E-state index contributed by atoms with van der Waals surface area (Å²) in [7, 11) is 2.16. The Bertz CT molecular complexity index is 1480. The molecule has 0 atom stereocenters. The number of nitrogens with one attached hydrogen (secondary N) is 1. The molecule has 0 bridgehead atoms. The van der Waals surface area contributed by atoms with Gasteiger partial charge in [0.05, 0.1) is 17.4 Å². The van der Waals surface area contributed by atoms with Crippen LogP contribution in [-0.4, -0.2) is 50.8 Å². The first-order valence-corrected chi connectivity index (χ1v) is 12.0. The van der Waals surface area contributed by atoms with E-state index < -0.39 is 0 Å². The van der Waals surface area contributed by atoms with Crippen molar-refractivity contribution < 1.29 is 9.26 Å². The average molecular weight is 469 g/mol. The second kappa shape index (κ2) is 9.03. The van der Waals surface area contributed by atoms with Gasteiger partial charge in [-0.05, 0) is 63.2 Å². The molecule has 3 aromatic heterocycles. The number of hydrogen-bond donors (Lipinski definition) is 1. The van der Waals surface area contributed by atoms with Gasteiger partial charge in [0.2, 0.25) is 0 Å². The van der Waals surface area contributed by atoms with E-state index in [1.165, 1.54) is 0 Å². The molecule has 6 rings (SSSR count). The number of aryl methyl sites for hydroxylation is 1. The van der Waals surface area contributed by atoms with Crippen LogP contribution >= 0.6 is 0 Å². The van der Waals surface area contributed by atoms with Crippen LogP contribution in [0.15, 0.2) is 65.6 Å². The van der Waals surface area contributed by atoms with Gasteiger partial charge in [0, 0.05) is 41.9 Å². The quantitative estimate of drug-likeness (QED) is 0.369. The molecule has 1 aliphatic heterocycles. The van der Waals surface area contributed by atoms with Gasteiger partial charge in [0.1, 0.15) is 35.5 Å². The van der Waals surface area contributed by atoms with Crippen LogP contribution in [0.2, 0.25) is 0 Å². The summed E-state index contributed by atoms with van der Waals surface area (Å²) in [6.07, 6.45) is 5.91. The van der Waals surface area contributed by atoms with E-state index in [2.05, 4.69) is 67.4 Å². The molecule has 1 N–H and O–H groups in total. The summed E-state index contributed by atoms with van der Waals surface area (Å²) in [5.41, 5.74) is 3.87. The lowest BCUT2D eigenvalue weighted by Gasteiger charge is -2.29. The first-order valence-electron chi connectivity index (χ1n) is 12.0. The van der Waals surface area contributed by atoms with Gasteiger partial charge in [0.25, 0.3) is 0 Å². The number of likely N-dealkylation sites (tertiary alicyclic amines) is 1. The highest BCUT2D eigenvalue weighted by Crippen LogP contribution is 2.34. The summed E-state index contributed by atoms with van der Waals surface area (Å²) < 4.78 is 13.8. The van der Waals surface area contributed by atoms with Crippen molar-refractivity contribution in [1.82, 2.24) is 24.6 Å². The van der Waals surface area contributed by atoms with Crippen molar-refractivity contribution in [1.29, 1.82) is 0 Å². The highest BCUT2D eigenvalue weighted by molar-refractivity contribution is 5.96. The molecule has 1 fully saturated rings. The van der Waals surface area contributed by atoms with Crippen LogP contribution in [0.25, 0.3) is 21.8 Å². The number of ether oxygens (including phenoxy) is 1. The zero-order chi connectivity index (χ0) is 23.8. The van der Waals surface area contributed by atoms with Gasteiger partial charge < -0.3 is 24.0 Å². The van der Waals surface area contributed by atoms with Crippen molar-refractivity contribution in [2.45, 2.75) is 32.4 Å². The largest absolute Gasteiger partial charge is 0.489 e. The molecule has 1 saturated heterocycles. The summed E-state index contributed by atoms with van der Waals surface area (Å²) >= 11 is 0. The first-order chi connectivity index (χ1) is 17.1. The zero-order valence-electron chi connectivity index (χ0n) is 19.9. The summed E-state index contributed by atoms with van der Waals surface area (Å²) in [5, 5.41) is 9.67. The zero-order valence-corrected chi connectivity index (χ0v) is 19.9. The maximum atomic E-state index is 6.46. The Morgan fingerprint density at radius 1 is 1.09 bits per heavy atom. The molecule has 178 valence electrons. The Hall–Kier alpha value is -3.91. The summed E-state index contributed by atoms with van der Waals surface area (Å²) in [5.74, 6) is 2.39. The second-order valence-electron chi connectivity index (χ2n) is 9.26. The molecule has 0 unspecified atom stereocenters. The van der Waals surface area contributed by atoms with Crippen LogP contribution in [0, 0.1) is 6.92 Å². The molecular weight excluding hydrogens is 440 g/mol. The predicted molar refractivity (Wildman–Crippen MR) is 136 cm³/mol. The van der Waals surface area contributed by atoms with Crippen molar-refractivity contribution in [2.75, 3.05) is 25.5 Å². The van der Waals surface area contributed by atoms with E-state index in [9.17, 15) is 0 Å². The van der Waals surface area contributed by atoms with Crippen molar-refractivity contribution >= 4 is 33.3 Å². The SMILES string of the molecule is Cc1cc(Cn2ccc3cc(Nc4ncnc5cccc(OC6CCN(C)CC6)c45)ccc32)no1. The first kappa shape index (κ1) is 21.6. The average Bonchev–Trinajstić information content (AvgIpc) is 3.46. The Morgan fingerprint density at radius 3 is 2.80 bits per heavy atom. The molecule has 1 aliphatic rings. The second-order valence-corrected chi connectivity index (χ2v) is 9.26. The van der Waals surface area contributed by atoms with Gasteiger partial charge in [-0.15, -0.1) is 0 Å². The molecule has 0 spiro atoms. The fourth-order valence-corrected chi connectivity index (χ4v) is 4.77. The standard InChI is InChI=1S/C27H28N6O2/c1-18-14-21(31-35-18)16-33-13-8-19-15-20(6-7-24(19)33)30-27-26-23(28-17-29-27)4-3-5-25(26)34-22-9-11-32(2)12-10-22/h3-8,13-15,17,22H,9-12,16H2,1-2H3,(H,28,29,30). The van der Waals surface area contributed by atoms with Gasteiger partial charge in [0.15, 0.2) is 0 Å². The number of rotatable bonds is 6. The van der Waals surface area contributed by atoms with E-state index in [0.717, 1.165) is 76.4 Å². The maximum Gasteiger partial charge on any atom is 0.145 e. The van der Waals surface area contributed by atoms with E-state index in [0.29, 0.717) is 6.54 Å². The molecule has 0 saturated carbocycles. The van der Waals surface area contributed by atoms with Crippen molar-refractivity contribution in [3.05, 3.63) is 72.5 Å². The van der Waals surface area contributed by atoms with Crippen LogP contribution in [0.1, 0.15) is 24.3 Å². The van der Waals surface area contributed by atoms with Gasteiger partial charge in [-0.1, -0.05) is 11.2 Å². The predicted octanol–water partition coefficient (Wildman–Crippen LogP) is 5.15. The smallest absolute Gasteiger partial charge is 0.145 e. The number of hydrogen-bond acceptors (Lipinski definition) is 7. The maximum absolute atomic E-state index is 6.46. The molecule has 35 heavy (non-hydrogen) atoms. The Balaban J connectivity index is 1.28. The Labute approximate surface area is 203 Å². The Kier molecular flexibility index (Phi) is 5.58. The number of aromatic nitrogens is 4. The molecule has 0 amide bonds. The minimum absolute atomic E-state index is 0.203. The summed E-state index contributed by atoms with van der Waals surface area (Å²) in [6, 6.07) is 16.4. The number of piperidine rings is 1. The number of anilines is 2. The van der Waals surface area contributed by atoms with E-state index in [4.69, 9.17) is 9.26 Å². The van der Waals surface area contributed by atoms with Crippen LogP contribution < -0.4 is 10.1 Å². The lowest BCUT2D eigenvalue weighted by Crippen LogP contribution is -2.35. The molecule has 0 radical (unpaired) electrons. The monoisotopic (exact) mass is 468 g/mol. The van der Waals surface area contributed by atoms with Gasteiger partial charge in [-0.3, -0.25) is 0 Å². The van der Waals surface area contributed by atoms with E-state index in [1.807, 2.05) is 31.2 Å². The fourth-order valence-electron chi connectivity index (χ4n) is 4.77. The highest BCUT2D eigenvalue weighted by Gasteiger charge is 2.20. The molecule has 4 heterocycles. The topological polar surface area (TPSA) is 81.2 Å². The van der Waals surface area contributed by atoms with E-state index in [-0.39, 0.29) is 6.10 Å². The molecule has 0 aliphatic carbocycles. The minimum atomic E-state index is 0.203. The van der Waals surface area contributed by atoms with Crippen molar-refractivity contribution in [3.8, 4) is 5.75 Å². The van der Waals surface area contributed by atoms with E-state index in [1.54, 1.807) is 6.33 Å². The van der Waals surface area contributed by atoms with Gasteiger partial charge in [-0.25, -0.2) is 9.97 Å². The molecule has 2 aromatic carbocycles. The fraction of sp³-hybridized carbons (Fsp3) is 0.296. The summed E-state index contributed by atoms with van der Waals surface area (Å²) in [4.78, 5) is 11.4. The highest BCUT2D eigenvalue weighted by atomic mass is 16.5. The lowest BCUT2D eigenvalue weighted by molar-refractivity contribution is 0.116. The minimum Gasteiger partial charge on any atom is -0.489 e. The summed E-state index contributed by atoms with van der Waals surface area (Å²) in [6.45, 7) is 4.67. The van der Waals surface area contributed by atoms with Crippen LogP contribution in [0.5, 0.6) is 5.75 Å². The molecular formula is C27H28N6O2. The lowest BCUT2D eigenvalue weighted by atomic mass is 10.1. The molecule has 5 aromatic rings. The normalized spacial score (nSPS) is 15.1. The molecule has 8 nitrogen and oxygen atoms in total. The van der Waals surface area contributed by atoms with Gasteiger partial charge >= 0.3 is 0 Å². The van der Waals surface area contributed by atoms with Crippen LogP contribution in [-0.2, 0) is 6.54 Å². The van der Waals surface area contributed by atoms with Gasteiger partial charge in [-0.2, -0.15) is 0 Å². The number of benzene rings is 2. The van der Waals surface area contributed by atoms with Crippen molar-refractivity contribution in [2.24, 2.45) is 0 Å². The number of fused-ring (bicyclic) bond motifs is 2. The molecule has 8 heteroatoms. The third-order valence-corrected chi connectivity index (χ3v) is 6.63. The third kappa shape index (κ3) is 4.44. The number of nitrogens with zero attached hydrogens (tertiary/aromatic N) is 5. The van der Waals surface area contributed by atoms with Crippen molar-refractivity contribution in [3.63, 3.8) is 0 Å². The third-order valence-electron chi connectivity index (χ3n) is 6.63. The van der Waals surface area contributed by atoms with E-state index >= 15 is 0 Å².